The van der Waals surface area contributed by atoms with Crippen LogP contribution in [0.2, 0.25) is 0 Å². The molecule has 2 heterocycles. The van der Waals surface area contributed by atoms with E-state index in [1.54, 1.807) is 13.3 Å². The SMILES string of the molecule is CC(NC(=O)C1Cc2nc[nH]c2CN1)C(N)=O. The fraction of sp³-hybridized carbons (Fsp3) is 0.500. The molecular weight excluding hydrogens is 222 g/mol. The van der Waals surface area contributed by atoms with Crippen LogP contribution < -0.4 is 16.4 Å². The second-order valence-corrected chi connectivity index (χ2v) is 4.10. The van der Waals surface area contributed by atoms with Gasteiger partial charge in [-0.15, -0.1) is 0 Å². The van der Waals surface area contributed by atoms with Crippen molar-refractivity contribution >= 4 is 11.8 Å². The number of primary amides is 1. The number of imidazole rings is 1. The van der Waals surface area contributed by atoms with E-state index in [9.17, 15) is 9.59 Å². The van der Waals surface area contributed by atoms with Crippen LogP contribution >= 0.6 is 0 Å². The van der Waals surface area contributed by atoms with Gasteiger partial charge in [0.2, 0.25) is 11.8 Å². The number of amides is 2. The van der Waals surface area contributed by atoms with Crippen molar-refractivity contribution in [3.05, 3.63) is 17.7 Å². The predicted octanol–water partition coefficient (Wildman–Crippen LogP) is -1.59. The molecule has 0 spiro atoms. The topological polar surface area (TPSA) is 113 Å². The van der Waals surface area contributed by atoms with Crippen LogP contribution in [0.15, 0.2) is 6.33 Å². The minimum Gasteiger partial charge on any atom is -0.368 e. The molecule has 2 amide bonds. The summed E-state index contributed by atoms with van der Waals surface area (Å²) in [6.07, 6.45) is 2.12. The van der Waals surface area contributed by atoms with E-state index in [4.69, 9.17) is 5.73 Å². The van der Waals surface area contributed by atoms with Gasteiger partial charge in [-0.2, -0.15) is 0 Å². The summed E-state index contributed by atoms with van der Waals surface area (Å²) in [7, 11) is 0. The molecule has 2 atom stereocenters. The van der Waals surface area contributed by atoms with Crippen LogP contribution in [0.3, 0.4) is 0 Å². The molecule has 0 aromatic carbocycles. The van der Waals surface area contributed by atoms with Crippen molar-refractivity contribution in [1.29, 1.82) is 0 Å². The molecule has 1 aliphatic rings. The van der Waals surface area contributed by atoms with E-state index in [-0.39, 0.29) is 11.9 Å². The molecule has 17 heavy (non-hydrogen) atoms. The van der Waals surface area contributed by atoms with E-state index >= 15 is 0 Å². The molecule has 5 N–H and O–H groups in total. The number of fused-ring (bicyclic) bond motifs is 1. The van der Waals surface area contributed by atoms with Crippen molar-refractivity contribution in [1.82, 2.24) is 20.6 Å². The van der Waals surface area contributed by atoms with Gasteiger partial charge < -0.3 is 16.0 Å². The summed E-state index contributed by atoms with van der Waals surface area (Å²) in [4.78, 5) is 29.8. The maximum Gasteiger partial charge on any atom is 0.239 e. The highest BCUT2D eigenvalue weighted by Crippen LogP contribution is 2.12. The van der Waals surface area contributed by atoms with Crippen LogP contribution in [-0.4, -0.2) is 33.9 Å². The molecule has 7 heteroatoms. The van der Waals surface area contributed by atoms with Crippen LogP contribution in [0.1, 0.15) is 18.3 Å². The molecule has 1 aromatic rings. The molecule has 0 aliphatic carbocycles. The average molecular weight is 237 g/mol. The number of nitrogens with zero attached hydrogens (tertiary/aromatic N) is 1. The average Bonchev–Trinajstić information content (AvgIpc) is 2.75. The minimum absolute atomic E-state index is 0.232. The van der Waals surface area contributed by atoms with Gasteiger partial charge in [0, 0.05) is 13.0 Å². The lowest BCUT2D eigenvalue weighted by Crippen LogP contribution is -2.52. The van der Waals surface area contributed by atoms with E-state index in [0.29, 0.717) is 13.0 Å². The summed E-state index contributed by atoms with van der Waals surface area (Å²) in [5, 5.41) is 5.63. The molecule has 2 unspecified atom stereocenters. The largest absolute Gasteiger partial charge is 0.368 e. The monoisotopic (exact) mass is 237 g/mol. The third-order valence-corrected chi connectivity index (χ3v) is 2.83. The summed E-state index contributed by atoms with van der Waals surface area (Å²) in [5.41, 5.74) is 6.96. The van der Waals surface area contributed by atoms with Crippen LogP contribution in [0.4, 0.5) is 0 Å². The van der Waals surface area contributed by atoms with E-state index in [1.807, 2.05) is 0 Å². The lowest BCUT2D eigenvalue weighted by atomic mass is 10.0. The Labute approximate surface area is 98.2 Å². The Morgan fingerprint density at radius 1 is 1.65 bits per heavy atom. The van der Waals surface area contributed by atoms with E-state index in [2.05, 4.69) is 20.6 Å². The van der Waals surface area contributed by atoms with Gasteiger partial charge in [0.1, 0.15) is 6.04 Å². The Hall–Kier alpha value is -1.89. The van der Waals surface area contributed by atoms with E-state index in [0.717, 1.165) is 11.4 Å². The number of H-pyrrole nitrogens is 1. The van der Waals surface area contributed by atoms with Crippen LogP contribution in [0.25, 0.3) is 0 Å². The van der Waals surface area contributed by atoms with Crippen LogP contribution in [0, 0.1) is 0 Å². The maximum atomic E-state index is 11.8. The van der Waals surface area contributed by atoms with Crippen molar-refractivity contribution in [3.63, 3.8) is 0 Å². The Morgan fingerprint density at radius 2 is 2.41 bits per heavy atom. The highest BCUT2D eigenvalue weighted by atomic mass is 16.2. The third kappa shape index (κ3) is 2.44. The summed E-state index contributed by atoms with van der Waals surface area (Å²) in [6.45, 7) is 2.13. The first-order valence-corrected chi connectivity index (χ1v) is 5.42. The number of aromatic amines is 1. The molecule has 7 nitrogen and oxygen atoms in total. The van der Waals surface area contributed by atoms with Gasteiger partial charge >= 0.3 is 0 Å². The molecular formula is C10H15N5O2. The lowest BCUT2D eigenvalue weighted by molar-refractivity contribution is -0.128. The molecule has 1 aliphatic heterocycles. The molecule has 92 valence electrons. The van der Waals surface area contributed by atoms with E-state index < -0.39 is 11.9 Å². The number of carbonyl (C=O) groups is 2. The van der Waals surface area contributed by atoms with Crippen molar-refractivity contribution in [2.24, 2.45) is 5.73 Å². The smallest absolute Gasteiger partial charge is 0.239 e. The van der Waals surface area contributed by atoms with Crippen molar-refractivity contribution in [2.45, 2.75) is 32.0 Å². The summed E-state index contributed by atoms with van der Waals surface area (Å²) in [6, 6.07) is -1.03. The van der Waals surface area contributed by atoms with E-state index in [1.165, 1.54) is 0 Å². The number of nitrogens with one attached hydrogen (secondary N) is 3. The standard InChI is InChI=1S/C10H15N5O2/c1-5(9(11)16)15-10(17)7-2-6-8(3-12-7)14-4-13-6/h4-5,7,12H,2-3H2,1H3,(H2,11,16)(H,13,14)(H,15,17). The molecule has 0 bridgehead atoms. The molecule has 0 radical (unpaired) electrons. The number of carbonyl (C=O) groups excluding carboxylic acids is 2. The second-order valence-electron chi connectivity index (χ2n) is 4.10. The molecule has 1 aromatic heterocycles. The van der Waals surface area contributed by atoms with Crippen molar-refractivity contribution in [2.75, 3.05) is 0 Å². The molecule has 2 rings (SSSR count). The van der Waals surface area contributed by atoms with Crippen molar-refractivity contribution in [3.8, 4) is 0 Å². The quantitative estimate of drug-likeness (QED) is 0.508. The number of hydrogen-bond acceptors (Lipinski definition) is 4. The molecule has 0 fully saturated rings. The van der Waals surface area contributed by atoms with Gasteiger partial charge in [-0.1, -0.05) is 0 Å². The number of nitrogens with two attached hydrogens (primary N) is 1. The van der Waals surface area contributed by atoms with Gasteiger partial charge in [-0.3, -0.25) is 14.9 Å². The van der Waals surface area contributed by atoms with Gasteiger partial charge in [-0.25, -0.2) is 4.98 Å². The maximum absolute atomic E-state index is 11.8. The third-order valence-electron chi connectivity index (χ3n) is 2.83. The zero-order valence-electron chi connectivity index (χ0n) is 9.49. The van der Waals surface area contributed by atoms with Crippen LogP contribution in [-0.2, 0) is 22.6 Å². The van der Waals surface area contributed by atoms with Gasteiger partial charge in [0.25, 0.3) is 0 Å². The highest BCUT2D eigenvalue weighted by Gasteiger charge is 2.27. The highest BCUT2D eigenvalue weighted by molar-refractivity contribution is 5.88. The summed E-state index contributed by atoms with van der Waals surface area (Å²) >= 11 is 0. The fourth-order valence-corrected chi connectivity index (χ4v) is 1.74. The normalized spacial score (nSPS) is 20.4. The first-order chi connectivity index (χ1) is 8.08. The first kappa shape index (κ1) is 11.6. The zero-order chi connectivity index (χ0) is 12.4. The Morgan fingerprint density at radius 3 is 3.12 bits per heavy atom. The summed E-state index contributed by atoms with van der Waals surface area (Å²) < 4.78 is 0. The number of hydrogen-bond donors (Lipinski definition) is 4. The fourth-order valence-electron chi connectivity index (χ4n) is 1.74. The Kier molecular flexibility index (Phi) is 3.10. The first-order valence-electron chi connectivity index (χ1n) is 5.42. The zero-order valence-corrected chi connectivity index (χ0v) is 9.49. The van der Waals surface area contributed by atoms with Crippen LogP contribution in [0.5, 0.6) is 0 Å². The Bertz CT molecular complexity index is 442. The predicted molar refractivity (Wildman–Crippen MR) is 59.7 cm³/mol. The molecule has 0 saturated carbocycles. The summed E-state index contributed by atoms with van der Waals surface area (Å²) in [5.74, 6) is -0.778. The molecule has 0 saturated heterocycles. The Balaban J connectivity index is 1.96. The minimum atomic E-state index is -0.662. The second kappa shape index (κ2) is 4.54. The number of rotatable bonds is 3. The van der Waals surface area contributed by atoms with Gasteiger partial charge in [-0.05, 0) is 6.92 Å². The van der Waals surface area contributed by atoms with Gasteiger partial charge in [0.05, 0.1) is 23.8 Å². The van der Waals surface area contributed by atoms with Gasteiger partial charge in [0.15, 0.2) is 0 Å². The lowest BCUT2D eigenvalue weighted by Gasteiger charge is -2.23. The van der Waals surface area contributed by atoms with Crippen molar-refractivity contribution < 1.29 is 9.59 Å². The number of aromatic nitrogens is 2.